The van der Waals surface area contributed by atoms with E-state index in [4.69, 9.17) is 5.73 Å². The van der Waals surface area contributed by atoms with Gasteiger partial charge in [0.1, 0.15) is 5.82 Å². The van der Waals surface area contributed by atoms with Crippen LogP contribution in [0.4, 0.5) is 4.39 Å². The number of rotatable bonds is 6. The Morgan fingerprint density at radius 1 is 1.00 bits per heavy atom. The lowest BCUT2D eigenvalue weighted by atomic mass is 10.1. The van der Waals surface area contributed by atoms with Gasteiger partial charge in [-0.25, -0.2) is 4.39 Å². The van der Waals surface area contributed by atoms with Gasteiger partial charge in [-0.2, -0.15) is 0 Å². The summed E-state index contributed by atoms with van der Waals surface area (Å²) in [4.78, 5) is 11.2. The van der Waals surface area contributed by atoms with Gasteiger partial charge in [0, 0.05) is 16.9 Å². The van der Waals surface area contributed by atoms with E-state index in [1.807, 2.05) is 43.3 Å². The van der Waals surface area contributed by atoms with Crippen LogP contribution in [0.2, 0.25) is 0 Å². The molecule has 3 aromatic carbocycles. The molecule has 5 nitrogen and oxygen atoms in total. The molecule has 0 unspecified atom stereocenters. The highest BCUT2D eigenvalue weighted by atomic mass is 32.2. The van der Waals surface area contributed by atoms with E-state index in [-0.39, 0.29) is 5.82 Å². The lowest BCUT2D eigenvalue weighted by Gasteiger charge is -2.11. The van der Waals surface area contributed by atoms with Crippen LogP contribution in [0.1, 0.15) is 21.5 Å². The maximum atomic E-state index is 14.6. The summed E-state index contributed by atoms with van der Waals surface area (Å²) in [5.41, 5.74) is 9.12. The molecule has 0 fully saturated rings. The van der Waals surface area contributed by atoms with Crippen molar-refractivity contribution in [2.45, 2.75) is 17.8 Å². The van der Waals surface area contributed by atoms with E-state index in [1.54, 1.807) is 34.9 Å². The van der Waals surface area contributed by atoms with Crippen molar-refractivity contribution in [1.29, 1.82) is 0 Å². The Hall–Kier alpha value is -3.45. The molecule has 0 bridgehead atoms. The number of primary amides is 1. The van der Waals surface area contributed by atoms with Crippen molar-refractivity contribution in [2.75, 3.05) is 0 Å². The summed E-state index contributed by atoms with van der Waals surface area (Å²) < 4.78 is 16.4. The van der Waals surface area contributed by atoms with Gasteiger partial charge >= 0.3 is 0 Å². The summed E-state index contributed by atoms with van der Waals surface area (Å²) >= 11 is 1.44. The van der Waals surface area contributed by atoms with Crippen LogP contribution >= 0.6 is 11.8 Å². The number of carbonyl (C=O) groups excluding carboxylic acids is 1. The average molecular weight is 418 g/mol. The molecule has 1 heterocycles. The topological polar surface area (TPSA) is 73.8 Å². The number of benzene rings is 3. The Morgan fingerprint density at radius 2 is 1.70 bits per heavy atom. The molecule has 0 saturated carbocycles. The number of thioether (sulfide) groups is 1. The van der Waals surface area contributed by atoms with E-state index in [2.05, 4.69) is 10.2 Å². The van der Waals surface area contributed by atoms with Gasteiger partial charge in [-0.3, -0.25) is 9.36 Å². The number of para-hydroxylation sites is 1. The number of hydrogen-bond acceptors (Lipinski definition) is 4. The summed E-state index contributed by atoms with van der Waals surface area (Å²) in [7, 11) is 0. The van der Waals surface area contributed by atoms with E-state index in [0.717, 1.165) is 16.7 Å². The van der Waals surface area contributed by atoms with Crippen molar-refractivity contribution in [1.82, 2.24) is 14.8 Å². The number of nitrogens with two attached hydrogens (primary N) is 1. The Labute approximate surface area is 177 Å². The van der Waals surface area contributed by atoms with Crippen LogP contribution in [0.3, 0.4) is 0 Å². The van der Waals surface area contributed by atoms with Gasteiger partial charge < -0.3 is 5.73 Å². The quantitative estimate of drug-likeness (QED) is 0.458. The molecule has 150 valence electrons. The van der Waals surface area contributed by atoms with E-state index in [0.29, 0.717) is 28.0 Å². The highest BCUT2D eigenvalue weighted by molar-refractivity contribution is 7.98. The highest BCUT2D eigenvalue weighted by Gasteiger charge is 2.18. The zero-order chi connectivity index (χ0) is 21.1. The molecule has 0 spiro atoms. The minimum atomic E-state index is -0.462. The zero-order valence-electron chi connectivity index (χ0n) is 16.2. The largest absolute Gasteiger partial charge is 0.366 e. The molecule has 4 aromatic rings. The summed E-state index contributed by atoms with van der Waals surface area (Å²) in [5, 5.41) is 9.25. The fraction of sp³-hybridized carbons (Fsp3) is 0.0870. The standard InChI is InChI=1S/C23H19FN4OS/c1-15-6-10-18(11-7-15)22-26-27-23(28(22)20-5-3-2-4-19(20)24)30-14-16-8-12-17(13-9-16)21(25)29/h2-13H,14H2,1H3,(H2,25,29). The summed E-state index contributed by atoms with van der Waals surface area (Å²) in [5.74, 6) is 0.348. The predicted molar refractivity (Wildman–Crippen MR) is 116 cm³/mol. The Kier molecular flexibility index (Phi) is 5.63. The van der Waals surface area contributed by atoms with Crippen molar-refractivity contribution in [2.24, 2.45) is 5.73 Å². The number of carbonyl (C=O) groups is 1. The Balaban J connectivity index is 1.70. The van der Waals surface area contributed by atoms with Crippen molar-refractivity contribution in [3.05, 3.63) is 95.3 Å². The van der Waals surface area contributed by atoms with E-state index >= 15 is 0 Å². The van der Waals surface area contributed by atoms with Crippen LogP contribution < -0.4 is 5.73 Å². The van der Waals surface area contributed by atoms with Gasteiger partial charge in [-0.1, -0.05) is 65.9 Å². The number of nitrogens with zero attached hydrogens (tertiary/aromatic N) is 3. The molecule has 1 amide bonds. The number of hydrogen-bond donors (Lipinski definition) is 1. The minimum absolute atomic E-state index is 0.349. The number of amides is 1. The molecule has 0 saturated heterocycles. The van der Waals surface area contributed by atoms with Crippen molar-refractivity contribution < 1.29 is 9.18 Å². The van der Waals surface area contributed by atoms with Crippen LogP contribution in [-0.2, 0) is 5.75 Å². The minimum Gasteiger partial charge on any atom is -0.366 e. The molecule has 0 aliphatic carbocycles. The smallest absolute Gasteiger partial charge is 0.248 e. The van der Waals surface area contributed by atoms with Crippen LogP contribution in [0.25, 0.3) is 17.1 Å². The fourth-order valence-electron chi connectivity index (χ4n) is 3.02. The van der Waals surface area contributed by atoms with Crippen LogP contribution in [0.5, 0.6) is 0 Å². The van der Waals surface area contributed by atoms with Crippen LogP contribution in [0.15, 0.2) is 78.0 Å². The molecule has 0 aliphatic rings. The molecular formula is C23H19FN4OS. The van der Waals surface area contributed by atoms with Crippen LogP contribution in [-0.4, -0.2) is 20.7 Å². The maximum Gasteiger partial charge on any atom is 0.248 e. The second-order valence-corrected chi connectivity index (χ2v) is 7.75. The molecule has 7 heteroatoms. The highest BCUT2D eigenvalue weighted by Crippen LogP contribution is 2.31. The first-order valence-corrected chi connectivity index (χ1v) is 10.3. The van der Waals surface area contributed by atoms with Gasteiger partial charge in [-0.15, -0.1) is 10.2 Å². The summed E-state index contributed by atoms with van der Waals surface area (Å²) in [6, 6.07) is 21.5. The second-order valence-electron chi connectivity index (χ2n) is 6.81. The molecule has 1 aromatic heterocycles. The lowest BCUT2D eigenvalue weighted by molar-refractivity contribution is 0.100. The van der Waals surface area contributed by atoms with Gasteiger partial charge in [0.05, 0.1) is 5.69 Å². The van der Waals surface area contributed by atoms with E-state index in [9.17, 15) is 9.18 Å². The first-order valence-electron chi connectivity index (χ1n) is 9.32. The SMILES string of the molecule is Cc1ccc(-c2nnc(SCc3ccc(C(N)=O)cc3)n2-c2ccccc2F)cc1. The third-order valence-corrected chi connectivity index (χ3v) is 5.64. The van der Waals surface area contributed by atoms with Crippen molar-refractivity contribution in [3.8, 4) is 17.1 Å². The van der Waals surface area contributed by atoms with Gasteiger partial charge in [0.25, 0.3) is 0 Å². The monoisotopic (exact) mass is 418 g/mol. The third kappa shape index (κ3) is 4.11. The normalized spacial score (nSPS) is 10.9. The first-order chi connectivity index (χ1) is 14.5. The van der Waals surface area contributed by atoms with Crippen LogP contribution in [0, 0.1) is 12.7 Å². The van der Waals surface area contributed by atoms with E-state index < -0.39 is 5.91 Å². The molecule has 0 radical (unpaired) electrons. The second kappa shape index (κ2) is 8.51. The number of aryl methyl sites for hydroxylation is 1. The maximum absolute atomic E-state index is 14.6. The Bertz CT molecular complexity index is 1190. The predicted octanol–water partition coefficient (Wildman–Crippen LogP) is 4.77. The zero-order valence-corrected chi connectivity index (χ0v) is 17.1. The van der Waals surface area contributed by atoms with Gasteiger partial charge in [0.2, 0.25) is 5.91 Å². The molecule has 4 rings (SSSR count). The molecule has 30 heavy (non-hydrogen) atoms. The molecule has 0 aliphatic heterocycles. The van der Waals surface area contributed by atoms with Crippen molar-refractivity contribution in [3.63, 3.8) is 0 Å². The fourth-order valence-corrected chi connectivity index (χ4v) is 3.92. The Morgan fingerprint density at radius 3 is 2.37 bits per heavy atom. The average Bonchev–Trinajstić information content (AvgIpc) is 3.17. The number of aromatic nitrogens is 3. The summed E-state index contributed by atoms with van der Waals surface area (Å²) in [6.45, 7) is 2.01. The van der Waals surface area contributed by atoms with Gasteiger partial charge in [0.15, 0.2) is 11.0 Å². The van der Waals surface area contributed by atoms with Crippen molar-refractivity contribution >= 4 is 17.7 Å². The number of halogens is 1. The molecular weight excluding hydrogens is 399 g/mol. The molecule has 2 N–H and O–H groups in total. The summed E-state index contributed by atoms with van der Waals surface area (Å²) in [6.07, 6.45) is 0. The third-order valence-electron chi connectivity index (χ3n) is 4.64. The molecule has 0 atom stereocenters. The first kappa shape index (κ1) is 19.8. The van der Waals surface area contributed by atoms with Gasteiger partial charge in [-0.05, 0) is 36.8 Å². The van der Waals surface area contributed by atoms with E-state index in [1.165, 1.54) is 17.8 Å². The lowest BCUT2D eigenvalue weighted by Crippen LogP contribution is -2.10.